The third kappa shape index (κ3) is 9.05. The zero-order chi connectivity index (χ0) is 29.9. The van der Waals surface area contributed by atoms with Gasteiger partial charge in [-0.1, -0.05) is 41.5 Å². The van der Waals surface area contributed by atoms with Gasteiger partial charge in [-0.15, -0.1) is 0 Å². The molecule has 0 saturated heterocycles. The number of nitrogens with one attached hydrogen (secondary N) is 2. The maximum Gasteiger partial charge on any atom is 0.253 e. The second-order valence-corrected chi connectivity index (χ2v) is 11.6. The van der Waals surface area contributed by atoms with Crippen LogP contribution in [-0.4, -0.2) is 70.9 Å². The van der Waals surface area contributed by atoms with Gasteiger partial charge in [0.15, 0.2) is 0 Å². The van der Waals surface area contributed by atoms with Gasteiger partial charge >= 0.3 is 0 Å². The van der Waals surface area contributed by atoms with E-state index in [0.717, 1.165) is 81.2 Å². The second kappa shape index (κ2) is 15.6. The molecule has 2 amide bonds. The van der Waals surface area contributed by atoms with E-state index in [1.54, 1.807) is 19.2 Å². The van der Waals surface area contributed by atoms with E-state index in [-0.39, 0.29) is 11.8 Å². The van der Waals surface area contributed by atoms with Crippen LogP contribution in [0.25, 0.3) is 11.0 Å². The predicted octanol–water partition coefficient (Wildman–Crippen LogP) is 6.41. The summed E-state index contributed by atoms with van der Waals surface area (Å²) < 4.78 is 2.19. The summed E-state index contributed by atoms with van der Waals surface area (Å²) in [4.78, 5) is 35.1. The number of rotatable bonds is 16. The number of anilines is 2. The molecule has 41 heavy (non-hydrogen) atoms. The van der Waals surface area contributed by atoms with Crippen LogP contribution >= 0.6 is 0 Å². The zero-order valence-corrected chi connectivity index (χ0v) is 26.2. The molecule has 0 radical (unpaired) electrons. The standard InChI is InChI=1S/C33H50N6O2/c1-8-37(9-2)19-10-20-39-30-23-27(32(41)38(21-17-24(3)4)22-18-25(5)6)13-16-29(30)36-33(39)35-28-14-11-26(12-15-28)31(40)34-7/h11-16,23-25H,8-10,17-22H2,1-7H3,(H,34,40)(H,35,36). The van der Waals surface area contributed by atoms with Gasteiger partial charge in [0.2, 0.25) is 5.95 Å². The van der Waals surface area contributed by atoms with Crippen LogP contribution < -0.4 is 10.6 Å². The zero-order valence-electron chi connectivity index (χ0n) is 26.2. The summed E-state index contributed by atoms with van der Waals surface area (Å²) in [7, 11) is 1.63. The lowest BCUT2D eigenvalue weighted by atomic mass is 10.1. The van der Waals surface area contributed by atoms with E-state index in [9.17, 15) is 9.59 Å². The summed E-state index contributed by atoms with van der Waals surface area (Å²) in [6, 6.07) is 13.3. The Bertz CT molecular complexity index is 1250. The highest BCUT2D eigenvalue weighted by Crippen LogP contribution is 2.26. The number of amides is 2. The number of fused-ring (bicyclic) bond motifs is 1. The van der Waals surface area contributed by atoms with Gasteiger partial charge in [-0.05, 0) is 93.2 Å². The van der Waals surface area contributed by atoms with Crippen LogP contribution in [0.4, 0.5) is 11.6 Å². The molecule has 0 aliphatic rings. The predicted molar refractivity (Wildman–Crippen MR) is 170 cm³/mol. The summed E-state index contributed by atoms with van der Waals surface area (Å²) >= 11 is 0. The van der Waals surface area contributed by atoms with Crippen molar-refractivity contribution in [2.45, 2.75) is 67.3 Å². The van der Waals surface area contributed by atoms with Crippen LogP contribution in [0, 0.1) is 11.8 Å². The van der Waals surface area contributed by atoms with Crippen molar-refractivity contribution in [3.8, 4) is 0 Å². The Kier molecular flexibility index (Phi) is 12.2. The molecule has 0 spiro atoms. The molecule has 3 rings (SSSR count). The van der Waals surface area contributed by atoms with E-state index >= 15 is 0 Å². The fraction of sp³-hybridized carbons (Fsp3) is 0.545. The number of aromatic nitrogens is 2. The van der Waals surface area contributed by atoms with E-state index in [2.05, 4.69) is 61.6 Å². The molecule has 1 heterocycles. The smallest absolute Gasteiger partial charge is 0.253 e. The summed E-state index contributed by atoms with van der Waals surface area (Å²) in [5, 5.41) is 6.12. The molecule has 0 fully saturated rings. The Morgan fingerprint density at radius 3 is 2.05 bits per heavy atom. The molecule has 8 heteroatoms. The van der Waals surface area contributed by atoms with E-state index < -0.39 is 0 Å². The number of imidazole rings is 1. The largest absolute Gasteiger partial charge is 0.355 e. The van der Waals surface area contributed by atoms with Gasteiger partial charge < -0.3 is 25.0 Å². The molecule has 0 aliphatic heterocycles. The molecule has 0 unspecified atom stereocenters. The SMILES string of the molecule is CCN(CC)CCCn1c(Nc2ccc(C(=O)NC)cc2)nc2ccc(C(=O)N(CCC(C)C)CCC(C)C)cc21. The van der Waals surface area contributed by atoms with Crippen molar-refractivity contribution in [1.82, 2.24) is 24.7 Å². The Labute approximate surface area is 246 Å². The van der Waals surface area contributed by atoms with Crippen molar-refractivity contribution < 1.29 is 9.59 Å². The molecule has 2 N–H and O–H groups in total. The van der Waals surface area contributed by atoms with Crippen LogP contribution in [0.3, 0.4) is 0 Å². The number of carbonyl (C=O) groups excluding carboxylic acids is 2. The van der Waals surface area contributed by atoms with Crippen LogP contribution in [0.15, 0.2) is 42.5 Å². The molecule has 3 aromatic rings. The Morgan fingerprint density at radius 1 is 0.878 bits per heavy atom. The summed E-state index contributed by atoms with van der Waals surface area (Å²) in [5.74, 6) is 1.78. The highest BCUT2D eigenvalue weighted by atomic mass is 16.2. The van der Waals surface area contributed by atoms with E-state index in [4.69, 9.17) is 4.98 Å². The van der Waals surface area contributed by atoms with Crippen LogP contribution in [0.1, 0.15) is 81.5 Å². The Hall–Kier alpha value is -3.39. The molecule has 0 saturated carbocycles. The van der Waals surface area contributed by atoms with Crippen molar-refractivity contribution in [2.75, 3.05) is 45.1 Å². The molecule has 2 aromatic carbocycles. The highest BCUT2D eigenvalue weighted by Gasteiger charge is 2.19. The van der Waals surface area contributed by atoms with Gasteiger partial charge in [0, 0.05) is 43.5 Å². The first-order chi connectivity index (χ1) is 19.7. The summed E-state index contributed by atoms with van der Waals surface area (Å²) in [5.41, 5.74) is 3.96. The van der Waals surface area contributed by atoms with E-state index in [1.807, 2.05) is 35.2 Å². The first-order valence-electron chi connectivity index (χ1n) is 15.3. The van der Waals surface area contributed by atoms with E-state index in [1.165, 1.54) is 0 Å². The third-order valence-corrected chi connectivity index (χ3v) is 7.62. The van der Waals surface area contributed by atoms with Crippen molar-refractivity contribution in [2.24, 2.45) is 11.8 Å². The van der Waals surface area contributed by atoms with Crippen molar-refractivity contribution >= 4 is 34.5 Å². The molecular formula is C33H50N6O2. The molecular weight excluding hydrogens is 512 g/mol. The second-order valence-electron chi connectivity index (χ2n) is 11.6. The number of hydrogen-bond donors (Lipinski definition) is 2. The molecule has 0 aliphatic carbocycles. The average Bonchev–Trinajstić information content (AvgIpc) is 3.30. The fourth-order valence-corrected chi connectivity index (χ4v) is 4.87. The van der Waals surface area contributed by atoms with Gasteiger partial charge in [-0.25, -0.2) is 4.98 Å². The third-order valence-electron chi connectivity index (χ3n) is 7.62. The van der Waals surface area contributed by atoms with Crippen LogP contribution in [0.2, 0.25) is 0 Å². The lowest BCUT2D eigenvalue weighted by Gasteiger charge is -2.25. The van der Waals surface area contributed by atoms with Gasteiger partial charge in [0.05, 0.1) is 11.0 Å². The van der Waals surface area contributed by atoms with Crippen molar-refractivity contribution in [3.05, 3.63) is 53.6 Å². The van der Waals surface area contributed by atoms with Gasteiger partial charge in [0.25, 0.3) is 11.8 Å². The maximum absolute atomic E-state index is 13.8. The van der Waals surface area contributed by atoms with E-state index in [0.29, 0.717) is 23.0 Å². The minimum absolute atomic E-state index is 0.0865. The normalized spacial score (nSPS) is 11.6. The number of hydrogen-bond acceptors (Lipinski definition) is 5. The number of nitrogens with zero attached hydrogens (tertiary/aromatic N) is 4. The van der Waals surface area contributed by atoms with Crippen LogP contribution in [-0.2, 0) is 6.54 Å². The Morgan fingerprint density at radius 2 is 1.49 bits per heavy atom. The van der Waals surface area contributed by atoms with Crippen LogP contribution in [0.5, 0.6) is 0 Å². The molecule has 0 atom stereocenters. The maximum atomic E-state index is 13.8. The number of benzene rings is 2. The number of aryl methyl sites for hydroxylation is 1. The highest BCUT2D eigenvalue weighted by molar-refractivity contribution is 5.98. The lowest BCUT2D eigenvalue weighted by molar-refractivity contribution is 0.0740. The molecule has 1 aromatic heterocycles. The molecule has 0 bridgehead atoms. The quantitative estimate of drug-likeness (QED) is 0.211. The first kappa shape index (κ1) is 32.1. The molecule has 224 valence electrons. The van der Waals surface area contributed by atoms with Gasteiger partial charge in [-0.2, -0.15) is 0 Å². The Balaban J connectivity index is 1.95. The van der Waals surface area contributed by atoms with Crippen molar-refractivity contribution in [1.29, 1.82) is 0 Å². The van der Waals surface area contributed by atoms with Crippen molar-refractivity contribution in [3.63, 3.8) is 0 Å². The minimum Gasteiger partial charge on any atom is -0.355 e. The lowest BCUT2D eigenvalue weighted by Crippen LogP contribution is -2.34. The summed E-state index contributed by atoms with van der Waals surface area (Å²) in [6.45, 7) is 18.5. The molecule has 8 nitrogen and oxygen atoms in total. The van der Waals surface area contributed by atoms with Gasteiger partial charge in [-0.3, -0.25) is 9.59 Å². The number of carbonyl (C=O) groups is 2. The minimum atomic E-state index is -0.117. The fourth-order valence-electron chi connectivity index (χ4n) is 4.87. The average molecular weight is 563 g/mol. The summed E-state index contributed by atoms with van der Waals surface area (Å²) in [6.07, 6.45) is 2.94. The van der Waals surface area contributed by atoms with Gasteiger partial charge in [0.1, 0.15) is 0 Å². The monoisotopic (exact) mass is 562 g/mol. The topological polar surface area (TPSA) is 82.5 Å². The first-order valence-corrected chi connectivity index (χ1v) is 15.3.